The lowest BCUT2D eigenvalue weighted by molar-refractivity contribution is -0.136. The van der Waals surface area contributed by atoms with Gasteiger partial charge >= 0.3 is 5.97 Å². The molecule has 0 aliphatic heterocycles. The number of nitrogens with zero attached hydrogens (tertiary/aromatic N) is 3. The molecule has 13 heteroatoms. The summed E-state index contributed by atoms with van der Waals surface area (Å²) in [6.07, 6.45) is -0.361. The highest BCUT2D eigenvalue weighted by Crippen LogP contribution is 2.29. The minimum absolute atomic E-state index is 0.127. The number of rotatable bonds is 16. The number of carbonyl (C=O) groups excluding carboxylic acids is 1. The molecule has 1 rings (SSSR count). The third kappa shape index (κ3) is 9.94. The molecule has 0 saturated heterocycles. The molecule has 1 aromatic carbocycles. The normalized spacial score (nSPS) is 10.7. The minimum Gasteiger partial charge on any atom is -0.420 e. The van der Waals surface area contributed by atoms with E-state index in [1.165, 1.54) is 0 Å². The van der Waals surface area contributed by atoms with Crippen molar-refractivity contribution in [3.05, 3.63) is 39.3 Å². The molecule has 0 radical (unpaired) electrons. The smallest absolute Gasteiger partial charge is 0.313 e. The van der Waals surface area contributed by atoms with E-state index in [2.05, 4.69) is 14.8 Å². The highest BCUT2D eigenvalue weighted by molar-refractivity contribution is 5.72. The molecule has 9 nitrogen and oxygen atoms in total. The number of hydrogen-bond donors (Lipinski definition) is 0. The summed E-state index contributed by atoms with van der Waals surface area (Å²) in [5.41, 5.74) is 7.27. The van der Waals surface area contributed by atoms with Crippen LogP contribution in [-0.2, 0) is 23.7 Å². The van der Waals surface area contributed by atoms with Crippen LogP contribution in [-0.4, -0.2) is 65.4 Å². The zero-order chi connectivity index (χ0) is 23.1. The van der Waals surface area contributed by atoms with Gasteiger partial charge in [-0.2, -0.15) is 4.39 Å². The second-order valence-corrected chi connectivity index (χ2v) is 5.84. The van der Waals surface area contributed by atoms with Gasteiger partial charge in [0.15, 0.2) is 17.5 Å². The van der Waals surface area contributed by atoms with Gasteiger partial charge in [0, 0.05) is 17.0 Å². The van der Waals surface area contributed by atoms with Crippen molar-refractivity contribution in [1.82, 2.24) is 0 Å². The molecule has 0 bridgehead atoms. The maximum absolute atomic E-state index is 13.8. The van der Waals surface area contributed by atoms with Crippen molar-refractivity contribution in [3.8, 4) is 5.75 Å². The first-order valence-corrected chi connectivity index (χ1v) is 9.25. The van der Waals surface area contributed by atoms with Gasteiger partial charge in [-0.05, 0) is 12.5 Å². The van der Waals surface area contributed by atoms with Crippen LogP contribution in [0.1, 0.15) is 12.0 Å². The summed E-state index contributed by atoms with van der Waals surface area (Å²) in [6.45, 7) is 3.05. The molecule has 31 heavy (non-hydrogen) atoms. The van der Waals surface area contributed by atoms with Gasteiger partial charge in [0.25, 0.3) is 0 Å². The van der Waals surface area contributed by atoms with Crippen LogP contribution in [0.25, 0.3) is 10.4 Å². The Kier molecular flexibility index (Phi) is 13.2. The second-order valence-electron chi connectivity index (χ2n) is 5.84. The van der Waals surface area contributed by atoms with Crippen molar-refractivity contribution in [2.75, 3.05) is 59.4 Å². The maximum Gasteiger partial charge on any atom is 0.313 e. The first-order chi connectivity index (χ1) is 14.9. The molecule has 0 spiro atoms. The van der Waals surface area contributed by atoms with E-state index in [9.17, 15) is 22.4 Å². The maximum atomic E-state index is 13.8. The summed E-state index contributed by atoms with van der Waals surface area (Å²) in [4.78, 5) is 14.2. The van der Waals surface area contributed by atoms with Gasteiger partial charge in [-0.25, -0.2) is 13.2 Å². The van der Waals surface area contributed by atoms with Gasteiger partial charge < -0.3 is 23.7 Å². The topological polar surface area (TPSA) is 112 Å². The molecule has 0 aliphatic carbocycles. The number of ether oxygens (including phenoxy) is 5. The summed E-state index contributed by atoms with van der Waals surface area (Å²) >= 11 is 0. The highest BCUT2D eigenvalue weighted by Gasteiger charge is 2.26. The Morgan fingerprint density at radius 1 is 0.806 bits per heavy atom. The predicted molar refractivity (Wildman–Crippen MR) is 98.6 cm³/mol. The zero-order valence-electron chi connectivity index (χ0n) is 16.9. The van der Waals surface area contributed by atoms with E-state index in [4.69, 9.17) is 24.5 Å². The lowest BCUT2D eigenvalue weighted by Gasteiger charge is -2.10. The van der Waals surface area contributed by atoms with Crippen LogP contribution in [0.2, 0.25) is 0 Å². The standard InChI is InChI=1S/C18H23F4N3O6/c1-12-14(19)16(21)17(22)18(15(12)20)31-13(26)2-4-27-6-8-29-10-11-30-9-7-28-5-3-24-25-23/h2-11H2,1H3. The minimum atomic E-state index is -1.92. The fraction of sp³-hybridized carbons (Fsp3) is 0.611. The molecule has 0 aliphatic rings. The lowest BCUT2D eigenvalue weighted by Crippen LogP contribution is -2.16. The summed E-state index contributed by atoms with van der Waals surface area (Å²) in [5, 5.41) is 3.31. The van der Waals surface area contributed by atoms with Gasteiger partial charge in [-0.1, -0.05) is 5.11 Å². The number of carbonyl (C=O) groups is 1. The Morgan fingerprint density at radius 2 is 1.32 bits per heavy atom. The Morgan fingerprint density at radius 3 is 1.87 bits per heavy atom. The van der Waals surface area contributed by atoms with Gasteiger partial charge in [0.2, 0.25) is 11.6 Å². The Balaban J connectivity index is 2.07. The molecule has 0 saturated carbocycles. The van der Waals surface area contributed by atoms with Crippen molar-refractivity contribution in [2.24, 2.45) is 5.11 Å². The summed E-state index contributed by atoms with van der Waals surface area (Å²) in [7, 11) is 0. The van der Waals surface area contributed by atoms with Gasteiger partial charge in [0.1, 0.15) is 0 Å². The molecular formula is C18H23F4N3O6. The first kappa shape index (κ1) is 26.6. The number of halogens is 4. The van der Waals surface area contributed by atoms with Crippen LogP contribution < -0.4 is 4.74 Å². The fourth-order valence-corrected chi connectivity index (χ4v) is 2.05. The van der Waals surface area contributed by atoms with Crippen molar-refractivity contribution >= 4 is 5.97 Å². The molecule has 0 amide bonds. The average molecular weight is 453 g/mol. The van der Waals surface area contributed by atoms with E-state index >= 15 is 0 Å². The quantitative estimate of drug-likeness (QED) is 0.0437. The van der Waals surface area contributed by atoms with E-state index < -0.39 is 40.6 Å². The van der Waals surface area contributed by atoms with E-state index in [0.29, 0.717) is 33.0 Å². The number of azide groups is 1. The van der Waals surface area contributed by atoms with Crippen molar-refractivity contribution in [3.63, 3.8) is 0 Å². The van der Waals surface area contributed by atoms with Crippen LogP contribution in [0, 0.1) is 30.2 Å². The Labute approximate surface area is 175 Å². The van der Waals surface area contributed by atoms with Crippen LogP contribution in [0.15, 0.2) is 5.11 Å². The van der Waals surface area contributed by atoms with Crippen LogP contribution >= 0.6 is 0 Å². The highest BCUT2D eigenvalue weighted by atomic mass is 19.2. The summed E-state index contributed by atoms with van der Waals surface area (Å²) in [5.74, 6) is -9.35. The third-order valence-electron chi connectivity index (χ3n) is 3.62. The van der Waals surface area contributed by atoms with E-state index in [1.54, 1.807) is 0 Å². The van der Waals surface area contributed by atoms with Gasteiger partial charge in [0.05, 0.1) is 59.3 Å². The molecule has 0 heterocycles. The number of esters is 1. The van der Waals surface area contributed by atoms with E-state index in [0.717, 1.165) is 6.92 Å². The SMILES string of the molecule is Cc1c(F)c(F)c(F)c(OC(=O)CCOCCOCCOCCOCCN=[N+]=[N-])c1F. The number of benzene rings is 1. The van der Waals surface area contributed by atoms with Crippen molar-refractivity contribution in [1.29, 1.82) is 0 Å². The molecular weight excluding hydrogens is 430 g/mol. The van der Waals surface area contributed by atoms with Crippen LogP contribution in [0.3, 0.4) is 0 Å². The van der Waals surface area contributed by atoms with Gasteiger partial charge in [-0.15, -0.1) is 0 Å². The Hall–Kier alpha value is -2.44. The van der Waals surface area contributed by atoms with Crippen molar-refractivity contribution in [2.45, 2.75) is 13.3 Å². The molecule has 1 aromatic rings. The lowest BCUT2D eigenvalue weighted by atomic mass is 10.2. The first-order valence-electron chi connectivity index (χ1n) is 9.25. The molecule has 0 fully saturated rings. The molecule has 0 aromatic heterocycles. The van der Waals surface area contributed by atoms with E-state index in [1.807, 2.05) is 0 Å². The van der Waals surface area contributed by atoms with Crippen molar-refractivity contribution < 1.29 is 46.0 Å². The zero-order valence-corrected chi connectivity index (χ0v) is 16.9. The average Bonchev–Trinajstić information content (AvgIpc) is 2.76. The van der Waals surface area contributed by atoms with Gasteiger partial charge in [-0.3, -0.25) is 4.79 Å². The molecule has 174 valence electrons. The number of hydrogen-bond acceptors (Lipinski definition) is 7. The monoisotopic (exact) mass is 453 g/mol. The van der Waals surface area contributed by atoms with E-state index in [-0.39, 0.29) is 32.8 Å². The summed E-state index contributed by atoms with van der Waals surface area (Å²) in [6, 6.07) is 0. The predicted octanol–water partition coefficient (Wildman–Crippen LogP) is 3.22. The fourth-order valence-electron chi connectivity index (χ4n) is 2.05. The molecule has 0 atom stereocenters. The molecule has 0 unspecified atom stereocenters. The summed E-state index contributed by atoms with van der Waals surface area (Å²) < 4.78 is 79.0. The Bertz CT molecular complexity index is 733. The second kappa shape index (κ2) is 15.4. The van der Waals surface area contributed by atoms with Crippen LogP contribution in [0.5, 0.6) is 5.75 Å². The largest absolute Gasteiger partial charge is 0.420 e. The van der Waals surface area contributed by atoms with Crippen LogP contribution in [0.4, 0.5) is 17.6 Å². The third-order valence-corrected chi connectivity index (χ3v) is 3.62. The molecule has 0 N–H and O–H groups in total.